The third-order valence-electron chi connectivity index (χ3n) is 4.70. The molecule has 0 unspecified atom stereocenters. The number of methoxy groups -OCH3 is 1. The number of hydrogen-bond donors (Lipinski definition) is 2. The highest BCUT2D eigenvalue weighted by atomic mass is 32.2. The van der Waals surface area contributed by atoms with E-state index < -0.39 is 10.0 Å². The lowest BCUT2D eigenvalue weighted by atomic mass is 10.0. The Bertz CT molecular complexity index is 1170. The highest BCUT2D eigenvalue weighted by molar-refractivity contribution is 7.92. The topological polar surface area (TPSA) is 84.5 Å². The van der Waals surface area contributed by atoms with E-state index in [1.165, 1.54) is 0 Å². The number of fused-ring (bicyclic) bond motifs is 1. The number of carbonyl (C=O) groups excluding carboxylic acids is 1. The molecule has 0 radical (unpaired) electrons. The van der Waals surface area contributed by atoms with Crippen LogP contribution in [0.25, 0.3) is 10.8 Å². The normalized spacial score (nSPS) is 12.4. The number of anilines is 1. The SMILES string of the molecule is COc1ccc2cc(C(=O)N[C@H](C)c3ccc(NS(C)(=O)=O)c(C)c3)ccc2c1. The lowest BCUT2D eigenvalue weighted by molar-refractivity contribution is 0.0940. The Labute approximate surface area is 170 Å². The van der Waals surface area contributed by atoms with Crippen LogP contribution in [0, 0.1) is 6.92 Å². The molecule has 1 amide bonds. The van der Waals surface area contributed by atoms with E-state index in [-0.39, 0.29) is 11.9 Å². The van der Waals surface area contributed by atoms with Gasteiger partial charge < -0.3 is 10.1 Å². The Kier molecular flexibility index (Phi) is 5.79. The summed E-state index contributed by atoms with van der Waals surface area (Å²) >= 11 is 0. The first-order chi connectivity index (χ1) is 13.7. The van der Waals surface area contributed by atoms with E-state index in [4.69, 9.17) is 4.74 Å². The molecule has 0 heterocycles. The number of sulfonamides is 1. The summed E-state index contributed by atoms with van der Waals surface area (Å²) in [6.45, 7) is 3.71. The first kappa shape index (κ1) is 20.7. The van der Waals surface area contributed by atoms with Crippen molar-refractivity contribution in [2.24, 2.45) is 0 Å². The van der Waals surface area contributed by atoms with Crippen LogP contribution in [0.4, 0.5) is 5.69 Å². The summed E-state index contributed by atoms with van der Waals surface area (Å²) in [5, 5.41) is 4.95. The average Bonchev–Trinajstić information content (AvgIpc) is 2.67. The fourth-order valence-corrected chi connectivity index (χ4v) is 3.75. The Morgan fingerprint density at radius 1 is 1.00 bits per heavy atom. The second-order valence-corrected chi connectivity index (χ2v) is 8.82. The third kappa shape index (κ3) is 5.06. The van der Waals surface area contributed by atoms with E-state index in [0.717, 1.165) is 33.9 Å². The first-order valence-corrected chi connectivity index (χ1v) is 11.0. The van der Waals surface area contributed by atoms with Gasteiger partial charge in [-0.05, 0) is 66.1 Å². The zero-order valence-electron chi connectivity index (χ0n) is 16.8. The largest absolute Gasteiger partial charge is 0.497 e. The van der Waals surface area contributed by atoms with Crippen molar-refractivity contribution in [1.29, 1.82) is 0 Å². The van der Waals surface area contributed by atoms with Gasteiger partial charge in [0.15, 0.2) is 0 Å². The molecule has 0 aliphatic rings. The van der Waals surface area contributed by atoms with Crippen LogP contribution in [-0.4, -0.2) is 27.7 Å². The Balaban J connectivity index is 1.76. The standard InChI is InChI=1S/C22H24N2O4S/c1-14-11-16(8-10-21(14)24-29(4,26)27)15(2)23-22(25)19-6-5-18-13-20(28-3)9-7-17(18)12-19/h5-13,15,24H,1-4H3,(H,23,25)/t15-/m1/s1. The first-order valence-electron chi connectivity index (χ1n) is 9.13. The van der Waals surface area contributed by atoms with Gasteiger partial charge in [0, 0.05) is 5.56 Å². The van der Waals surface area contributed by atoms with Crippen molar-refractivity contribution in [3.05, 3.63) is 71.3 Å². The van der Waals surface area contributed by atoms with Gasteiger partial charge >= 0.3 is 0 Å². The van der Waals surface area contributed by atoms with Gasteiger partial charge in [-0.3, -0.25) is 9.52 Å². The predicted molar refractivity (Wildman–Crippen MR) is 116 cm³/mol. The van der Waals surface area contributed by atoms with Crippen molar-refractivity contribution in [3.63, 3.8) is 0 Å². The molecule has 6 nitrogen and oxygen atoms in total. The maximum absolute atomic E-state index is 12.7. The fraction of sp³-hybridized carbons (Fsp3) is 0.227. The molecule has 0 aliphatic carbocycles. The van der Waals surface area contributed by atoms with Gasteiger partial charge in [0.05, 0.1) is 25.1 Å². The van der Waals surface area contributed by atoms with E-state index >= 15 is 0 Å². The van der Waals surface area contributed by atoms with Crippen molar-refractivity contribution >= 4 is 32.4 Å². The van der Waals surface area contributed by atoms with Gasteiger partial charge in [-0.1, -0.05) is 24.3 Å². The molecule has 0 aliphatic heterocycles. The number of hydrogen-bond acceptors (Lipinski definition) is 4. The van der Waals surface area contributed by atoms with Gasteiger partial charge in [0.1, 0.15) is 5.75 Å². The number of ether oxygens (including phenoxy) is 1. The van der Waals surface area contributed by atoms with Crippen LogP contribution in [0.5, 0.6) is 5.75 Å². The summed E-state index contributed by atoms with van der Waals surface area (Å²) in [5.74, 6) is 0.596. The van der Waals surface area contributed by atoms with Crippen molar-refractivity contribution in [2.75, 3.05) is 18.1 Å². The van der Waals surface area contributed by atoms with Gasteiger partial charge in [-0.25, -0.2) is 8.42 Å². The minimum absolute atomic E-state index is 0.175. The van der Waals surface area contributed by atoms with Crippen molar-refractivity contribution in [1.82, 2.24) is 5.32 Å². The van der Waals surface area contributed by atoms with Crippen LogP contribution in [0.1, 0.15) is 34.5 Å². The number of carbonyl (C=O) groups is 1. The molecule has 0 spiro atoms. The fourth-order valence-electron chi connectivity index (χ4n) is 3.13. The van der Waals surface area contributed by atoms with E-state index in [2.05, 4.69) is 10.0 Å². The molecule has 152 valence electrons. The van der Waals surface area contributed by atoms with Crippen LogP contribution in [-0.2, 0) is 10.0 Å². The van der Waals surface area contributed by atoms with E-state index in [0.29, 0.717) is 11.3 Å². The van der Waals surface area contributed by atoms with E-state index in [1.807, 2.05) is 50.2 Å². The predicted octanol–water partition coefficient (Wildman–Crippen LogP) is 4.02. The zero-order valence-corrected chi connectivity index (χ0v) is 17.6. The van der Waals surface area contributed by atoms with Crippen LogP contribution in [0.2, 0.25) is 0 Å². The summed E-state index contributed by atoms with van der Waals surface area (Å²) in [5.41, 5.74) is 2.77. The number of aryl methyl sites for hydroxylation is 1. The summed E-state index contributed by atoms with van der Waals surface area (Å²) in [4.78, 5) is 12.7. The molecule has 29 heavy (non-hydrogen) atoms. The molecule has 2 N–H and O–H groups in total. The molecule has 0 bridgehead atoms. The van der Waals surface area contributed by atoms with E-state index in [1.54, 1.807) is 25.3 Å². The minimum atomic E-state index is -3.34. The minimum Gasteiger partial charge on any atom is -0.497 e. The van der Waals surface area contributed by atoms with Gasteiger partial charge in [0.25, 0.3) is 5.91 Å². The summed E-state index contributed by atoms with van der Waals surface area (Å²) < 4.78 is 30.6. The number of rotatable bonds is 6. The number of amides is 1. The summed E-state index contributed by atoms with van der Waals surface area (Å²) in [6, 6.07) is 16.4. The second kappa shape index (κ2) is 8.13. The molecule has 3 aromatic carbocycles. The van der Waals surface area contributed by atoms with Crippen LogP contribution >= 0.6 is 0 Å². The molecule has 1 atom stereocenters. The van der Waals surface area contributed by atoms with Crippen LogP contribution in [0.3, 0.4) is 0 Å². The Hall–Kier alpha value is -3.06. The molecular formula is C22H24N2O4S. The molecule has 3 aromatic rings. The third-order valence-corrected chi connectivity index (χ3v) is 5.29. The maximum Gasteiger partial charge on any atom is 0.251 e. The van der Waals surface area contributed by atoms with Crippen LogP contribution in [0.15, 0.2) is 54.6 Å². The Morgan fingerprint density at radius 3 is 2.34 bits per heavy atom. The molecule has 3 rings (SSSR count). The van der Waals surface area contributed by atoms with Gasteiger partial charge in [0.2, 0.25) is 10.0 Å². The molecule has 0 aromatic heterocycles. The quantitative estimate of drug-likeness (QED) is 0.640. The zero-order chi connectivity index (χ0) is 21.2. The highest BCUT2D eigenvalue weighted by Crippen LogP contribution is 2.24. The summed E-state index contributed by atoms with van der Waals surface area (Å²) in [6.07, 6.45) is 1.11. The Morgan fingerprint density at radius 2 is 1.69 bits per heavy atom. The van der Waals surface area contributed by atoms with Crippen LogP contribution < -0.4 is 14.8 Å². The lowest BCUT2D eigenvalue weighted by Crippen LogP contribution is -2.26. The smallest absolute Gasteiger partial charge is 0.251 e. The second-order valence-electron chi connectivity index (χ2n) is 7.07. The molecule has 0 saturated carbocycles. The molecule has 0 fully saturated rings. The van der Waals surface area contributed by atoms with Crippen molar-refractivity contribution in [3.8, 4) is 5.75 Å². The van der Waals surface area contributed by atoms with Crippen molar-refractivity contribution < 1.29 is 17.9 Å². The van der Waals surface area contributed by atoms with Gasteiger partial charge in [-0.2, -0.15) is 0 Å². The lowest BCUT2D eigenvalue weighted by Gasteiger charge is -2.17. The summed E-state index contributed by atoms with van der Waals surface area (Å²) in [7, 11) is -1.72. The average molecular weight is 413 g/mol. The number of benzene rings is 3. The monoisotopic (exact) mass is 412 g/mol. The van der Waals surface area contributed by atoms with Crippen molar-refractivity contribution in [2.45, 2.75) is 19.9 Å². The van der Waals surface area contributed by atoms with E-state index in [9.17, 15) is 13.2 Å². The number of nitrogens with one attached hydrogen (secondary N) is 2. The molecule has 7 heteroatoms. The molecular weight excluding hydrogens is 388 g/mol. The highest BCUT2D eigenvalue weighted by Gasteiger charge is 2.14. The molecule has 0 saturated heterocycles. The maximum atomic E-state index is 12.7. The van der Waals surface area contributed by atoms with Gasteiger partial charge in [-0.15, -0.1) is 0 Å².